The summed E-state index contributed by atoms with van der Waals surface area (Å²) in [5.41, 5.74) is 0.823. The minimum atomic E-state index is -3.78. The van der Waals surface area contributed by atoms with Crippen molar-refractivity contribution in [2.45, 2.75) is 31.6 Å². The maximum absolute atomic E-state index is 11.4. The molecule has 1 aromatic rings. The molecule has 2 heterocycles. The van der Waals surface area contributed by atoms with E-state index >= 15 is 0 Å². The van der Waals surface area contributed by atoms with E-state index in [0.29, 0.717) is 17.3 Å². The predicted molar refractivity (Wildman–Crippen MR) is 66.0 cm³/mol. The van der Waals surface area contributed by atoms with E-state index in [0.717, 1.165) is 25.9 Å². The molecule has 0 aliphatic carbocycles. The molecule has 17 heavy (non-hydrogen) atoms. The topological polar surface area (TPSA) is 63.2 Å². The zero-order chi connectivity index (χ0) is 12.6. The zero-order valence-corrected chi connectivity index (χ0v) is 11.3. The van der Waals surface area contributed by atoms with E-state index in [9.17, 15) is 8.42 Å². The Labute approximate surface area is 105 Å². The van der Waals surface area contributed by atoms with E-state index in [4.69, 9.17) is 10.7 Å². The number of aryl methyl sites for hydroxylation is 2. The molecule has 0 atom stereocenters. The van der Waals surface area contributed by atoms with E-state index in [1.54, 1.807) is 13.8 Å². The molecule has 0 saturated carbocycles. The first-order valence-corrected chi connectivity index (χ1v) is 7.75. The van der Waals surface area contributed by atoms with Crippen LogP contribution in [-0.4, -0.2) is 31.5 Å². The third-order valence-electron chi connectivity index (χ3n) is 2.83. The summed E-state index contributed by atoms with van der Waals surface area (Å²) in [4.78, 5) is 10.6. The summed E-state index contributed by atoms with van der Waals surface area (Å²) in [6.07, 6.45) is 2.24. The molecule has 0 unspecified atom stereocenters. The summed E-state index contributed by atoms with van der Waals surface area (Å²) < 4.78 is 22.8. The summed E-state index contributed by atoms with van der Waals surface area (Å²) in [5, 5.41) is 0. The van der Waals surface area contributed by atoms with Crippen LogP contribution in [0.1, 0.15) is 24.2 Å². The van der Waals surface area contributed by atoms with E-state index in [1.807, 2.05) is 0 Å². The van der Waals surface area contributed by atoms with Crippen molar-refractivity contribution in [2.75, 3.05) is 18.0 Å². The van der Waals surface area contributed by atoms with E-state index < -0.39 is 9.05 Å². The molecule has 0 spiro atoms. The van der Waals surface area contributed by atoms with Crippen LogP contribution in [0.2, 0.25) is 0 Å². The monoisotopic (exact) mass is 275 g/mol. The Morgan fingerprint density at radius 2 is 1.59 bits per heavy atom. The molecule has 94 valence electrons. The van der Waals surface area contributed by atoms with Crippen LogP contribution < -0.4 is 4.90 Å². The number of aromatic nitrogens is 2. The molecule has 0 bridgehead atoms. The smallest absolute Gasteiger partial charge is 0.264 e. The molecule has 1 aromatic heterocycles. The van der Waals surface area contributed by atoms with Crippen LogP contribution in [0.3, 0.4) is 0 Å². The van der Waals surface area contributed by atoms with Gasteiger partial charge in [-0.05, 0) is 26.7 Å². The molecular weight excluding hydrogens is 262 g/mol. The van der Waals surface area contributed by atoms with Crippen molar-refractivity contribution in [1.82, 2.24) is 9.97 Å². The van der Waals surface area contributed by atoms with Crippen molar-refractivity contribution in [3.63, 3.8) is 0 Å². The van der Waals surface area contributed by atoms with Gasteiger partial charge in [-0.15, -0.1) is 0 Å². The van der Waals surface area contributed by atoms with Crippen molar-refractivity contribution < 1.29 is 8.42 Å². The molecule has 5 nitrogen and oxygen atoms in total. The molecule has 7 heteroatoms. The van der Waals surface area contributed by atoms with Crippen LogP contribution >= 0.6 is 10.7 Å². The number of hydrogen-bond acceptors (Lipinski definition) is 5. The summed E-state index contributed by atoms with van der Waals surface area (Å²) >= 11 is 0. The number of hydrogen-bond donors (Lipinski definition) is 0. The average Bonchev–Trinajstić information content (AvgIpc) is 2.66. The van der Waals surface area contributed by atoms with Gasteiger partial charge in [-0.1, -0.05) is 0 Å². The second-order valence-corrected chi connectivity index (χ2v) is 6.66. The highest BCUT2D eigenvalue weighted by atomic mass is 35.7. The molecule has 1 aliphatic heterocycles. The van der Waals surface area contributed by atoms with Crippen LogP contribution in [0.4, 0.5) is 5.95 Å². The second-order valence-electron chi connectivity index (χ2n) is 4.16. The molecule has 0 N–H and O–H groups in total. The van der Waals surface area contributed by atoms with Gasteiger partial charge in [-0.25, -0.2) is 18.4 Å². The lowest BCUT2D eigenvalue weighted by molar-refractivity contribution is 0.607. The number of anilines is 1. The van der Waals surface area contributed by atoms with Crippen molar-refractivity contribution >= 4 is 25.7 Å². The fourth-order valence-corrected chi connectivity index (χ4v) is 3.57. The summed E-state index contributed by atoms with van der Waals surface area (Å²) in [7, 11) is 1.58. The van der Waals surface area contributed by atoms with Crippen LogP contribution in [-0.2, 0) is 9.05 Å². The number of nitrogens with zero attached hydrogens (tertiary/aromatic N) is 3. The normalized spacial score (nSPS) is 16.5. The Balaban J connectivity index is 2.48. The van der Waals surface area contributed by atoms with Crippen LogP contribution in [0, 0.1) is 13.8 Å². The van der Waals surface area contributed by atoms with Gasteiger partial charge < -0.3 is 4.90 Å². The van der Waals surface area contributed by atoms with Crippen molar-refractivity contribution in [2.24, 2.45) is 0 Å². The summed E-state index contributed by atoms with van der Waals surface area (Å²) in [6, 6.07) is 0. The average molecular weight is 276 g/mol. The Hall–Kier alpha value is -0.880. The molecule has 0 amide bonds. The summed E-state index contributed by atoms with van der Waals surface area (Å²) in [5.74, 6) is 0.599. The SMILES string of the molecule is Cc1nc(N2CCCC2)nc(C)c1S(=O)(=O)Cl. The van der Waals surface area contributed by atoms with E-state index in [2.05, 4.69) is 14.9 Å². The highest BCUT2D eigenvalue weighted by Crippen LogP contribution is 2.24. The minimum Gasteiger partial charge on any atom is -0.341 e. The molecular formula is C10H14ClN3O2S. The van der Waals surface area contributed by atoms with Gasteiger partial charge in [0.1, 0.15) is 4.90 Å². The second kappa shape index (κ2) is 4.42. The van der Waals surface area contributed by atoms with Gasteiger partial charge >= 0.3 is 0 Å². The standard InChI is InChI=1S/C10H14ClN3O2S/c1-7-9(17(11,15)16)8(2)13-10(12-7)14-5-3-4-6-14/h3-6H2,1-2H3. The third kappa shape index (κ3) is 2.52. The quantitative estimate of drug-likeness (QED) is 0.768. The van der Waals surface area contributed by atoms with Crippen molar-refractivity contribution in [3.8, 4) is 0 Å². The minimum absolute atomic E-state index is 0.0297. The lowest BCUT2D eigenvalue weighted by atomic mass is 10.3. The molecule has 1 fully saturated rings. The Morgan fingerprint density at radius 3 is 2.00 bits per heavy atom. The number of rotatable bonds is 2. The maximum atomic E-state index is 11.4. The Bertz CT molecular complexity index is 515. The molecule has 0 radical (unpaired) electrons. The first-order chi connectivity index (χ1) is 7.89. The lowest BCUT2D eigenvalue weighted by Gasteiger charge is -2.17. The van der Waals surface area contributed by atoms with Gasteiger partial charge in [0.15, 0.2) is 0 Å². The van der Waals surface area contributed by atoms with E-state index in [-0.39, 0.29) is 4.90 Å². The van der Waals surface area contributed by atoms with Gasteiger partial charge in [0.25, 0.3) is 9.05 Å². The zero-order valence-electron chi connectivity index (χ0n) is 9.77. The van der Waals surface area contributed by atoms with Crippen molar-refractivity contribution in [3.05, 3.63) is 11.4 Å². The van der Waals surface area contributed by atoms with Gasteiger partial charge in [0.05, 0.1) is 11.4 Å². The molecule has 1 saturated heterocycles. The van der Waals surface area contributed by atoms with Gasteiger partial charge in [-0.2, -0.15) is 0 Å². The highest BCUT2D eigenvalue weighted by molar-refractivity contribution is 8.13. The van der Waals surface area contributed by atoms with Crippen LogP contribution in [0.25, 0.3) is 0 Å². The van der Waals surface area contributed by atoms with Crippen molar-refractivity contribution in [1.29, 1.82) is 0 Å². The summed E-state index contributed by atoms with van der Waals surface area (Å²) in [6.45, 7) is 5.13. The van der Waals surface area contributed by atoms with Gasteiger partial charge in [0.2, 0.25) is 5.95 Å². The predicted octanol–water partition coefficient (Wildman–Crippen LogP) is 1.62. The molecule has 1 aliphatic rings. The Morgan fingerprint density at radius 1 is 1.12 bits per heavy atom. The highest BCUT2D eigenvalue weighted by Gasteiger charge is 2.22. The third-order valence-corrected chi connectivity index (χ3v) is 4.37. The molecule has 2 rings (SSSR count). The van der Waals surface area contributed by atoms with Gasteiger partial charge in [-0.3, -0.25) is 0 Å². The fourth-order valence-electron chi connectivity index (χ4n) is 2.10. The van der Waals surface area contributed by atoms with Crippen LogP contribution in [0.5, 0.6) is 0 Å². The first-order valence-electron chi connectivity index (χ1n) is 5.44. The Kier molecular flexibility index (Phi) is 3.27. The number of halogens is 1. The lowest BCUT2D eigenvalue weighted by Crippen LogP contribution is -2.22. The van der Waals surface area contributed by atoms with E-state index in [1.165, 1.54) is 0 Å². The fraction of sp³-hybridized carbons (Fsp3) is 0.600. The largest absolute Gasteiger partial charge is 0.341 e. The maximum Gasteiger partial charge on any atom is 0.264 e. The molecule has 0 aromatic carbocycles. The first kappa shape index (κ1) is 12.6. The van der Waals surface area contributed by atoms with Crippen LogP contribution in [0.15, 0.2) is 4.90 Å². The van der Waals surface area contributed by atoms with Gasteiger partial charge in [0, 0.05) is 23.8 Å².